The van der Waals surface area contributed by atoms with Crippen LogP contribution in [0.15, 0.2) is 30.5 Å². The van der Waals surface area contributed by atoms with Crippen LogP contribution in [0, 0.1) is 5.92 Å². The molecule has 1 aromatic carbocycles. The molecule has 2 amide bonds. The summed E-state index contributed by atoms with van der Waals surface area (Å²) in [4.78, 5) is 40.4. The summed E-state index contributed by atoms with van der Waals surface area (Å²) in [6, 6.07) is 4.95. The number of carbonyl (C=O) groups excluding carboxylic acids is 2. The van der Waals surface area contributed by atoms with Gasteiger partial charge in [-0.05, 0) is 42.4 Å². The SMILES string of the molecule is CSCC[C@H](N)C(=O)N[C@@H](Cc1c[nH]c2ccccc12)C(=O)N[C@@H](CC(C)C)C(=O)O. The number of nitrogens with two attached hydrogens (primary N) is 1. The Morgan fingerprint density at radius 3 is 2.45 bits per heavy atom. The minimum Gasteiger partial charge on any atom is -0.480 e. The topological polar surface area (TPSA) is 137 Å². The van der Waals surface area contributed by atoms with Crippen LogP contribution in [-0.4, -0.2) is 58.0 Å². The highest BCUT2D eigenvalue weighted by atomic mass is 32.2. The molecule has 3 atom stereocenters. The summed E-state index contributed by atoms with van der Waals surface area (Å²) in [5.74, 6) is -1.25. The van der Waals surface area contributed by atoms with Crippen molar-refractivity contribution >= 4 is 40.4 Å². The lowest BCUT2D eigenvalue weighted by atomic mass is 10.0. The third-order valence-corrected chi connectivity index (χ3v) is 5.67. The van der Waals surface area contributed by atoms with Gasteiger partial charge in [0.25, 0.3) is 0 Å². The predicted molar refractivity (Wildman–Crippen MR) is 124 cm³/mol. The number of hydrogen-bond acceptors (Lipinski definition) is 5. The van der Waals surface area contributed by atoms with Crippen LogP contribution in [0.3, 0.4) is 0 Å². The number of nitrogens with one attached hydrogen (secondary N) is 3. The van der Waals surface area contributed by atoms with Gasteiger partial charge in [0.15, 0.2) is 0 Å². The van der Waals surface area contributed by atoms with Crippen LogP contribution in [0.4, 0.5) is 0 Å². The van der Waals surface area contributed by atoms with Crippen molar-refractivity contribution < 1.29 is 19.5 Å². The molecule has 0 radical (unpaired) electrons. The first-order chi connectivity index (χ1) is 14.7. The van der Waals surface area contributed by atoms with Gasteiger partial charge >= 0.3 is 5.97 Å². The molecule has 0 saturated carbocycles. The molecule has 1 heterocycles. The van der Waals surface area contributed by atoms with Gasteiger partial charge in [-0.1, -0.05) is 32.0 Å². The lowest BCUT2D eigenvalue weighted by Gasteiger charge is -2.23. The molecule has 170 valence electrons. The Morgan fingerprint density at radius 1 is 1.13 bits per heavy atom. The number of rotatable bonds is 12. The zero-order valence-electron chi connectivity index (χ0n) is 18.2. The Morgan fingerprint density at radius 2 is 1.81 bits per heavy atom. The van der Waals surface area contributed by atoms with Crippen molar-refractivity contribution in [2.75, 3.05) is 12.0 Å². The van der Waals surface area contributed by atoms with Crippen LogP contribution in [0.1, 0.15) is 32.3 Å². The highest BCUT2D eigenvalue weighted by Gasteiger charge is 2.29. The Bertz CT molecular complexity index is 899. The van der Waals surface area contributed by atoms with Crippen molar-refractivity contribution in [3.63, 3.8) is 0 Å². The molecule has 6 N–H and O–H groups in total. The van der Waals surface area contributed by atoms with Crippen molar-refractivity contribution in [2.24, 2.45) is 11.7 Å². The second-order valence-corrected chi connectivity index (χ2v) is 9.03. The molecule has 2 aromatic rings. The molecule has 0 bridgehead atoms. The summed E-state index contributed by atoms with van der Waals surface area (Å²) >= 11 is 1.59. The van der Waals surface area contributed by atoms with E-state index in [1.54, 1.807) is 18.0 Å². The van der Waals surface area contributed by atoms with Crippen LogP contribution < -0.4 is 16.4 Å². The summed E-state index contributed by atoms with van der Waals surface area (Å²) in [6.07, 6.45) is 4.72. The number of aromatic nitrogens is 1. The van der Waals surface area contributed by atoms with E-state index in [1.807, 2.05) is 44.4 Å². The van der Waals surface area contributed by atoms with Crippen LogP contribution in [0.2, 0.25) is 0 Å². The summed E-state index contributed by atoms with van der Waals surface area (Å²) in [5, 5.41) is 15.8. The molecule has 0 spiro atoms. The standard InChI is InChI=1S/C22H32N4O4S/c1-13(2)10-19(22(29)30)26-21(28)18(25-20(27)16(23)8-9-31-3)11-14-12-24-17-7-5-4-6-15(14)17/h4-7,12-13,16,18-19,24H,8-11,23H2,1-3H3,(H,25,27)(H,26,28)(H,29,30)/t16-,18-,19-/m0/s1. The molecule has 0 aliphatic carbocycles. The van der Waals surface area contributed by atoms with Gasteiger partial charge in [-0.3, -0.25) is 9.59 Å². The highest BCUT2D eigenvalue weighted by Crippen LogP contribution is 2.19. The normalized spacial score (nSPS) is 14.2. The van der Waals surface area contributed by atoms with Crippen LogP contribution >= 0.6 is 11.8 Å². The number of benzene rings is 1. The van der Waals surface area contributed by atoms with E-state index >= 15 is 0 Å². The highest BCUT2D eigenvalue weighted by molar-refractivity contribution is 7.98. The maximum atomic E-state index is 13.0. The Hall–Kier alpha value is -2.52. The molecule has 0 aliphatic rings. The lowest BCUT2D eigenvalue weighted by molar-refractivity contribution is -0.142. The number of aromatic amines is 1. The zero-order chi connectivity index (χ0) is 23.0. The van der Waals surface area contributed by atoms with Gasteiger partial charge in [0.2, 0.25) is 11.8 Å². The smallest absolute Gasteiger partial charge is 0.326 e. The van der Waals surface area contributed by atoms with Gasteiger partial charge in [0.05, 0.1) is 6.04 Å². The minimum atomic E-state index is -1.10. The first kappa shape index (κ1) is 24.7. The maximum Gasteiger partial charge on any atom is 0.326 e. The van der Waals surface area contributed by atoms with E-state index in [0.717, 1.165) is 22.2 Å². The third kappa shape index (κ3) is 7.29. The van der Waals surface area contributed by atoms with E-state index in [4.69, 9.17) is 5.73 Å². The number of hydrogen-bond donors (Lipinski definition) is 5. The maximum absolute atomic E-state index is 13.0. The second kappa shape index (κ2) is 11.8. The van der Waals surface area contributed by atoms with Crippen molar-refractivity contribution in [3.8, 4) is 0 Å². The number of carboxylic acid groups (broad SMARTS) is 1. The summed E-state index contributed by atoms with van der Waals surface area (Å²) < 4.78 is 0. The Balaban J connectivity index is 2.22. The number of H-pyrrole nitrogens is 1. The molecule has 0 unspecified atom stereocenters. The summed E-state index contributed by atoms with van der Waals surface area (Å²) in [6.45, 7) is 3.77. The molecule has 0 saturated heterocycles. The largest absolute Gasteiger partial charge is 0.480 e. The average molecular weight is 449 g/mol. The van der Waals surface area contributed by atoms with Gasteiger partial charge in [-0.15, -0.1) is 0 Å². The zero-order valence-corrected chi connectivity index (χ0v) is 19.0. The van der Waals surface area contributed by atoms with Crippen molar-refractivity contribution in [1.29, 1.82) is 0 Å². The molecule has 8 nitrogen and oxygen atoms in total. The van der Waals surface area contributed by atoms with E-state index in [0.29, 0.717) is 12.8 Å². The number of carbonyl (C=O) groups is 3. The number of fused-ring (bicyclic) bond motifs is 1. The van der Waals surface area contributed by atoms with E-state index in [1.165, 1.54) is 0 Å². The summed E-state index contributed by atoms with van der Waals surface area (Å²) in [5.41, 5.74) is 7.74. The quantitative estimate of drug-likeness (QED) is 0.336. The van der Waals surface area contributed by atoms with Crippen molar-refractivity contribution in [2.45, 2.75) is 51.2 Å². The predicted octanol–water partition coefficient (Wildman–Crippen LogP) is 1.89. The third-order valence-electron chi connectivity index (χ3n) is 5.02. The molecule has 2 rings (SSSR count). The summed E-state index contributed by atoms with van der Waals surface area (Å²) in [7, 11) is 0. The number of amides is 2. The first-order valence-corrected chi connectivity index (χ1v) is 11.7. The minimum absolute atomic E-state index is 0.0861. The lowest BCUT2D eigenvalue weighted by Crippen LogP contribution is -2.55. The molecular formula is C22H32N4O4S. The number of carboxylic acids is 1. The number of aliphatic carboxylic acids is 1. The fourth-order valence-corrected chi connectivity index (χ4v) is 3.84. The van der Waals surface area contributed by atoms with E-state index < -0.39 is 35.9 Å². The fraction of sp³-hybridized carbons (Fsp3) is 0.500. The van der Waals surface area contributed by atoms with Crippen LogP contribution in [0.5, 0.6) is 0 Å². The molecule has 1 aromatic heterocycles. The second-order valence-electron chi connectivity index (χ2n) is 8.04. The monoisotopic (exact) mass is 448 g/mol. The fourth-order valence-electron chi connectivity index (χ4n) is 3.35. The van der Waals surface area contributed by atoms with Gasteiger partial charge in [0.1, 0.15) is 12.1 Å². The van der Waals surface area contributed by atoms with E-state index in [-0.39, 0.29) is 12.3 Å². The van der Waals surface area contributed by atoms with Gasteiger partial charge in [-0.2, -0.15) is 11.8 Å². The van der Waals surface area contributed by atoms with Gasteiger partial charge in [-0.25, -0.2) is 4.79 Å². The van der Waals surface area contributed by atoms with E-state index in [9.17, 15) is 19.5 Å². The van der Waals surface area contributed by atoms with Gasteiger partial charge in [0, 0.05) is 23.5 Å². The Kier molecular flexibility index (Phi) is 9.39. The van der Waals surface area contributed by atoms with Crippen LogP contribution in [-0.2, 0) is 20.8 Å². The average Bonchev–Trinajstić information content (AvgIpc) is 3.13. The number of thioether (sulfide) groups is 1. The van der Waals surface area contributed by atoms with E-state index in [2.05, 4.69) is 15.6 Å². The van der Waals surface area contributed by atoms with Crippen molar-refractivity contribution in [3.05, 3.63) is 36.0 Å². The molecule has 9 heteroatoms. The van der Waals surface area contributed by atoms with Crippen molar-refractivity contribution in [1.82, 2.24) is 15.6 Å². The van der Waals surface area contributed by atoms with Gasteiger partial charge < -0.3 is 26.5 Å². The Labute approximate surface area is 186 Å². The van der Waals surface area contributed by atoms with Crippen LogP contribution in [0.25, 0.3) is 10.9 Å². The molecule has 0 aliphatic heterocycles. The molecule has 31 heavy (non-hydrogen) atoms. The first-order valence-electron chi connectivity index (χ1n) is 10.4. The number of para-hydroxylation sites is 1. The molecular weight excluding hydrogens is 416 g/mol. The molecule has 0 fully saturated rings.